The number of hydrogen-bond donors (Lipinski definition) is 1. The SMILES string of the molecule is CCn1nc(C)c(CNC(C)C2CC2)c1C. The van der Waals surface area contributed by atoms with E-state index in [1.165, 1.54) is 29.8 Å². The Kier molecular flexibility index (Phi) is 3.33. The summed E-state index contributed by atoms with van der Waals surface area (Å²) < 4.78 is 2.09. The molecule has 1 aliphatic carbocycles. The number of rotatable bonds is 5. The smallest absolute Gasteiger partial charge is 0.0641 e. The summed E-state index contributed by atoms with van der Waals surface area (Å²) in [6.45, 7) is 10.6. The summed E-state index contributed by atoms with van der Waals surface area (Å²) in [6, 6.07) is 0.656. The second kappa shape index (κ2) is 4.58. The standard InChI is InChI=1S/C13H23N3/c1-5-16-11(4)13(10(3)15-16)8-14-9(2)12-6-7-12/h9,12,14H,5-8H2,1-4H3. The van der Waals surface area contributed by atoms with E-state index in [1.54, 1.807) is 0 Å². The summed E-state index contributed by atoms with van der Waals surface area (Å²) in [5.41, 5.74) is 3.87. The zero-order valence-corrected chi connectivity index (χ0v) is 10.9. The van der Waals surface area contributed by atoms with Gasteiger partial charge in [0, 0.05) is 30.4 Å². The van der Waals surface area contributed by atoms with Crippen LogP contribution in [0.15, 0.2) is 0 Å². The number of hydrogen-bond acceptors (Lipinski definition) is 2. The van der Waals surface area contributed by atoms with Gasteiger partial charge in [-0.05, 0) is 46.5 Å². The number of aryl methyl sites for hydroxylation is 2. The van der Waals surface area contributed by atoms with E-state index >= 15 is 0 Å². The van der Waals surface area contributed by atoms with Crippen molar-refractivity contribution in [2.45, 2.75) is 59.7 Å². The number of nitrogens with zero attached hydrogens (tertiary/aromatic N) is 2. The highest BCUT2D eigenvalue weighted by atomic mass is 15.3. The molecule has 0 bridgehead atoms. The van der Waals surface area contributed by atoms with Gasteiger partial charge >= 0.3 is 0 Å². The minimum atomic E-state index is 0.656. The van der Waals surface area contributed by atoms with Crippen LogP contribution in [0, 0.1) is 19.8 Å². The van der Waals surface area contributed by atoms with Crippen LogP contribution >= 0.6 is 0 Å². The Balaban J connectivity index is 1.99. The average molecular weight is 221 g/mol. The first-order valence-corrected chi connectivity index (χ1v) is 6.39. The van der Waals surface area contributed by atoms with Crippen LogP contribution < -0.4 is 5.32 Å². The molecule has 1 N–H and O–H groups in total. The molecule has 90 valence electrons. The summed E-state index contributed by atoms with van der Waals surface area (Å²) in [6.07, 6.45) is 2.81. The minimum absolute atomic E-state index is 0.656. The summed E-state index contributed by atoms with van der Waals surface area (Å²) in [5, 5.41) is 8.17. The third-order valence-corrected chi connectivity index (χ3v) is 3.76. The van der Waals surface area contributed by atoms with Crippen LogP contribution in [0.2, 0.25) is 0 Å². The molecule has 2 rings (SSSR count). The first kappa shape index (κ1) is 11.6. The topological polar surface area (TPSA) is 29.9 Å². The van der Waals surface area contributed by atoms with Crippen LogP contribution in [0.4, 0.5) is 0 Å². The van der Waals surface area contributed by atoms with E-state index < -0.39 is 0 Å². The van der Waals surface area contributed by atoms with Gasteiger partial charge in [0.2, 0.25) is 0 Å². The van der Waals surface area contributed by atoms with Gasteiger partial charge in [0.25, 0.3) is 0 Å². The average Bonchev–Trinajstić information content (AvgIpc) is 3.05. The molecular formula is C13H23N3. The van der Waals surface area contributed by atoms with Gasteiger partial charge in [-0.2, -0.15) is 5.10 Å². The van der Waals surface area contributed by atoms with Crippen molar-refractivity contribution in [3.8, 4) is 0 Å². The number of nitrogens with one attached hydrogen (secondary N) is 1. The van der Waals surface area contributed by atoms with Gasteiger partial charge in [0.15, 0.2) is 0 Å². The lowest BCUT2D eigenvalue weighted by Gasteiger charge is -2.12. The first-order valence-electron chi connectivity index (χ1n) is 6.39. The fourth-order valence-electron chi connectivity index (χ4n) is 2.32. The highest BCUT2D eigenvalue weighted by molar-refractivity contribution is 5.24. The van der Waals surface area contributed by atoms with Gasteiger partial charge in [-0.15, -0.1) is 0 Å². The Morgan fingerprint density at radius 1 is 1.44 bits per heavy atom. The summed E-state index contributed by atoms with van der Waals surface area (Å²) in [7, 11) is 0. The van der Waals surface area contributed by atoms with E-state index in [4.69, 9.17) is 0 Å². The molecule has 0 aromatic carbocycles. The molecule has 1 heterocycles. The van der Waals surface area contributed by atoms with Crippen molar-refractivity contribution < 1.29 is 0 Å². The fourth-order valence-corrected chi connectivity index (χ4v) is 2.32. The second-order valence-electron chi connectivity index (χ2n) is 4.97. The fraction of sp³-hybridized carbons (Fsp3) is 0.769. The number of aromatic nitrogens is 2. The van der Waals surface area contributed by atoms with E-state index in [1.807, 2.05) is 0 Å². The van der Waals surface area contributed by atoms with Crippen molar-refractivity contribution in [3.05, 3.63) is 17.0 Å². The highest BCUT2D eigenvalue weighted by Gasteiger charge is 2.27. The third-order valence-electron chi connectivity index (χ3n) is 3.76. The molecule has 1 fully saturated rings. The molecule has 1 aliphatic rings. The van der Waals surface area contributed by atoms with Gasteiger partial charge in [0.05, 0.1) is 5.69 Å². The molecule has 3 nitrogen and oxygen atoms in total. The molecular weight excluding hydrogens is 198 g/mol. The summed E-state index contributed by atoms with van der Waals surface area (Å²) in [5.74, 6) is 0.918. The Morgan fingerprint density at radius 2 is 2.12 bits per heavy atom. The van der Waals surface area contributed by atoms with Crippen LogP contribution in [0.1, 0.15) is 43.6 Å². The van der Waals surface area contributed by atoms with E-state index in [-0.39, 0.29) is 0 Å². The second-order valence-corrected chi connectivity index (χ2v) is 4.97. The van der Waals surface area contributed by atoms with E-state index in [0.717, 1.165) is 19.0 Å². The van der Waals surface area contributed by atoms with E-state index in [2.05, 4.69) is 42.8 Å². The molecule has 1 unspecified atom stereocenters. The molecule has 16 heavy (non-hydrogen) atoms. The van der Waals surface area contributed by atoms with E-state index in [9.17, 15) is 0 Å². The molecule has 0 radical (unpaired) electrons. The minimum Gasteiger partial charge on any atom is -0.310 e. The van der Waals surface area contributed by atoms with Crippen molar-refractivity contribution in [1.29, 1.82) is 0 Å². The molecule has 3 heteroatoms. The quantitative estimate of drug-likeness (QED) is 0.827. The van der Waals surface area contributed by atoms with Gasteiger partial charge in [-0.1, -0.05) is 0 Å². The highest BCUT2D eigenvalue weighted by Crippen LogP contribution is 2.32. The zero-order chi connectivity index (χ0) is 11.7. The van der Waals surface area contributed by atoms with Gasteiger partial charge in [-0.3, -0.25) is 4.68 Å². The normalized spacial score (nSPS) is 17.8. The lowest BCUT2D eigenvalue weighted by molar-refractivity contribution is 0.494. The maximum absolute atomic E-state index is 4.54. The molecule has 0 amide bonds. The Bertz CT molecular complexity index is 363. The van der Waals surface area contributed by atoms with E-state index in [0.29, 0.717) is 6.04 Å². The third kappa shape index (κ3) is 2.29. The Labute approximate surface area is 98.2 Å². The van der Waals surface area contributed by atoms with Crippen LogP contribution in [0.5, 0.6) is 0 Å². The van der Waals surface area contributed by atoms with Crippen molar-refractivity contribution >= 4 is 0 Å². The van der Waals surface area contributed by atoms with Gasteiger partial charge < -0.3 is 5.32 Å². The maximum atomic E-state index is 4.54. The summed E-state index contributed by atoms with van der Waals surface area (Å²) >= 11 is 0. The monoisotopic (exact) mass is 221 g/mol. The van der Waals surface area contributed by atoms with Crippen molar-refractivity contribution in [3.63, 3.8) is 0 Å². The largest absolute Gasteiger partial charge is 0.310 e. The molecule has 0 saturated heterocycles. The van der Waals surface area contributed by atoms with Crippen molar-refractivity contribution in [2.75, 3.05) is 0 Å². The molecule has 0 aliphatic heterocycles. The van der Waals surface area contributed by atoms with Crippen molar-refractivity contribution in [2.24, 2.45) is 5.92 Å². The molecule has 1 aromatic heterocycles. The van der Waals surface area contributed by atoms with Crippen molar-refractivity contribution in [1.82, 2.24) is 15.1 Å². The van der Waals surface area contributed by atoms with Crippen LogP contribution in [0.3, 0.4) is 0 Å². The van der Waals surface area contributed by atoms with Gasteiger partial charge in [0.1, 0.15) is 0 Å². The Hall–Kier alpha value is -0.830. The molecule has 1 atom stereocenters. The van der Waals surface area contributed by atoms with Gasteiger partial charge in [-0.25, -0.2) is 0 Å². The predicted molar refractivity (Wildman–Crippen MR) is 66.4 cm³/mol. The first-order chi connectivity index (χ1) is 7.63. The maximum Gasteiger partial charge on any atom is 0.0641 e. The van der Waals surface area contributed by atoms with Crippen LogP contribution in [0.25, 0.3) is 0 Å². The predicted octanol–water partition coefficient (Wildman–Crippen LogP) is 2.41. The van der Waals surface area contributed by atoms with Crippen LogP contribution in [-0.2, 0) is 13.1 Å². The lowest BCUT2D eigenvalue weighted by Crippen LogP contribution is -2.27. The zero-order valence-electron chi connectivity index (χ0n) is 10.9. The molecule has 0 spiro atoms. The molecule has 1 saturated carbocycles. The lowest BCUT2D eigenvalue weighted by atomic mass is 10.1. The Morgan fingerprint density at radius 3 is 2.62 bits per heavy atom. The van der Waals surface area contributed by atoms with Crippen LogP contribution in [-0.4, -0.2) is 15.8 Å². The summed E-state index contributed by atoms with van der Waals surface area (Å²) in [4.78, 5) is 0. The molecule has 1 aromatic rings.